The maximum absolute atomic E-state index is 12.1. The number of hydrogen-bond donors (Lipinski definition) is 1. The Labute approximate surface area is 163 Å². The van der Waals surface area contributed by atoms with E-state index in [1.54, 1.807) is 48.5 Å². The number of rotatable bonds is 7. The Hall–Kier alpha value is -3.10. The molecule has 0 heterocycles. The number of hydrogen-bond acceptors (Lipinski definition) is 4. The van der Waals surface area contributed by atoms with Gasteiger partial charge in [0.15, 0.2) is 0 Å². The number of esters is 1. The van der Waals surface area contributed by atoms with E-state index in [1.165, 1.54) is 6.08 Å². The highest BCUT2D eigenvalue weighted by atomic mass is 35.5. The second kappa shape index (κ2) is 10.1. The first-order valence-electron chi connectivity index (χ1n) is 8.52. The number of unbranched alkanes of at least 4 members (excludes halogenated alkanes) is 1. The average molecular weight is 383 g/mol. The van der Waals surface area contributed by atoms with Crippen LogP contribution in [-0.2, 0) is 4.79 Å². The molecular formula is C21H19ClN2O3. The lowest BCUT2D eigenvalue weighted by Crippen LogP contribution is -2.25. The van der Waals surface area contributed by atoms with Crippen LogP contribution in [0, 0.1) is 11.3 Å². The molecule has 0 aliphatic rings. The van der Waals surface area contributed by atoms with Gasteiger partial charge in [-0.2, -0.15) is 5.26 Å². The minimum absolute atomic E-state index is 0.0203. The summed E-state index contributed by atoms with van der Waals surface area (Å²) in [6.45, 7) is 2.55. The van der Waals surface area contributed by atoms with E-state index in [1.807, 2.05) is 13.0 Å². The van der Waals surface area contributed by atoms with Gasteiger partial charge in [-0.25, -0.2) is 4.79 Å². The van der Waals surface area contributed by atoms with E-state index in [9.17, 15) is 14.9 Å². The Bertz CT molecular complexity index is 883. The zero-order chi connectivity index (χ0) is 19.6. The number of carbonyl (C=O) groups excluding carboxylic acids is 2. The monoisotopic (exact) mass is 382 g/mol. The van der Waals surface area contributed by atoms with Crippen molar-refractivity contribution in [2.24, 2.45) is 0 Å². The molecule has 5 nitrogen and oxygen atoms in total. The normalized spacial score (nSPS) is 10.8. The molecule has 2 aromatic rings. The number of benzene rings is 2. The number of halogens is 1. The smallest absolute Gasteiger partial charge is 0.345 e. The Morgan fingerprint density at radius 3 is 2.52 bits per heavy atom. The molecule has 0 radical (unpaired) electrons. The average Bonchev–Trinajstić information content (AvgIpc) is 2.67. The fraction of sp³-hybridized carbons (Fsp3) is 0.190. The molecule has 1 N–H and O–H groups in total. The van der Waals surface area contributed by atoms with Crippen LogP contribution in [0.3, 0.4) is 0 Å². The molecule has 0 bridgehead atoms. The predicted octanol–water partition coefficient (Wildman–Crippen LogP) is 4.38. The fourth-order valence-corrected chi connectivity index (χ4v) is 2.42. The number of ether oxygens (including phenoxy) is 1. The summed E-state index contributed by atoms with van der Waals surface area (Å²) >= 11 is 5.98. The van der Waals surface area contributed by atoms with Crippen molar-refractivity contribution in [2.45, 2.75) is 19.8 Å². The molecule has 0 aromatic heterocycles. The van der Waals surface area contributed by atoms with E-state index in [0.717, 1.165) is 12.8 Å². The number of amides is 1. The van der Waals surface area contributed by atoms with E-state index in [-0.39, 0.29) is 11.1 Å². The lowest BCUT2D eigenvalue weighted by molar-refractivity contribution is -0.117. The minimum atomic E-state index is -0.558. The van der Waals surface area contributed by atoms with Crippen molar-refractivity contribution in [1.82, 2.24) is 5.32 Å². The summed E-state index contributed by atoms with van der Waals surface area (Å²) in [5.74, 6) is -0.625. The van der Waals surface area contributed by atoms with Crippen molar-refractivity contribution in [3.05, 3.63) is 70.3 Å². The minimum Gasteiger partial charge on any atom is -0.423 e. The summed E-state index contributed by atoms with van der Waals surface area (Å²) in [4.78, 5) is 24.1. The van der Waals surface area contributed by atoms with Crippen LogP contribution >= 0.6 is 11.6 Å². The van der Waals surface area contributed by atoms with Gasteiger partial charge in [0.05, 0.1) is 10.6 Å². The summed E-state index contributed by atoms with van der Waals surface area (Å²) in [5.41, 5.74) is 0.945. The number of carbonyl (C=O) groups is 2. The van der Waals surface area contributed by atoms with Crippen LogP contribution < -0.4 is 10.1 Å². The van der Waals surface area contributed by atoms with Crippen LogP contribution in [0.2, 0.25) is 5.02 Å². The van der Waals surface area contributed by atoms with E-state index in [4.69, 9.17) is 16.3 Å². The molecule has 0 aliphatic heterocycles. The van der Waals surface area contributed by atoms with Gasteiger partial charge in [0.2, 0.25) is 0 Å². The van der Waals surface area contributed by atoms with Crippen LogP contribution in [0.15, 0.2) is 54.1 Å². The number of nitrogens with one attached hydrogen (secondary N) is 1. The first kappa shape index (κ1) is 20.2. The van der Waals surface area contributed by atoms with Gasteiger partial charge in [0, 0.05) is 6.54 Å². The van der Waals surface area contributed by atoms with Crippen molar-refractivity contribution in [2.75, 3.05) is 6.54 Å². The molecule has 0 unspecified atom stereocenters. The fourth-order valence-electron chi connectivity index (χ4n) is 2.21. The maximum atomic E-state index is 12.1. The van der Waals surface area contributed by atoms with Crippen LogP contribution in [0.1, 0.15) is 35.7 Å². The summed E-state index contributed by atoms with van der Waals surface area (Å²) in [5, 5.41) is 12.2. The van der Waals surface area contributed by atoms with Gasteiger partial charge >= 0.3 is 5.97 Å². The molecule has 0 aliphatic carbocycles. The summed E-state index contributed by atoms with van der Waals surface area (Å²) in [6.07, 6.45) is 3.30. The van der Waals surface area contributed by atoms with Gasteiger partial charge in [0.25, 0.3) is 5.91 Å². The van der Waals surface area contributed by atoms with Gasteiger partial charge in [-0.1, -0.05) is 49.2 Å². The zero-order valence-corrected chi connectivity index (χ0v) is 15.6. The molecule has 138 valence electrons. The molecule has 0 spiro atoms. The van der Waals surface area contributed by atoms with E-state index in [0.29, 0.717) is 22.9 Å². The lowest BCUT2D eigenvalue weighted by atomic mass is 10.1. The molecule has 1 amide bonds. The summed E-state index contributed by atoms with van der Waals surface area (Å²) < 4.78 is 5.29. The summed E-state index contributed by atoms with van der Waals surface area (Å²) in [6, 6.07) is 15.0. The first-order valence-corrected chi connectivity index (χ1v) is 8.89. The van der Waals surface area contributed by atoms with Gasteiger partial charge in [-0.15, -0.1) is 0 Å². The number of nitriles is 1. The van der Waals surface area contributed by atoms with E-state index < -0.39 is 11.9 Å². The van der Waals surface area contributed by atoms with Crippen molar-refractivity contribution < 1.29 is 14.3 Å². The van der Waals surface area contributed by atoms with Crippen LogP contribution in [0.4, 0.5) is 0 Å². The van der Waals surface area contributed by atoms with Gasteiger partial charge in [-0.05, 0) is 42.3 Å². The van der Waals surface area contributed by atoms with Crippen LogP contribution in [0.25, 0.3) is 6.08 Å². The molecule has 2 rings (SSSR count). The van der Waals surface area contributed by atoms with Gasteiger partial charge < -0.3 is 10.1 Å². The maximum Gasteiger partial charge on any atom is 0.345 e. The van der Waals surface area contributed by atoms with Crippen molar-refractivity contribution in [3.8, 4) is 11.8 Å². The van der Waals surface area contributed by atoms with Gasteiger partial charge in [0.1, 0.15) is 17.4 Å². The standard InChI is InChI=1S/C21H19ClN2O3/c1-2-3-12-24-20(25)16(14-23)13-15-8-10-17(11-9-15)27-21(26)18-6-4-5-7-19(18)22/h4-11,13H,2-3,12H2,1H3,(H,24,25)/b16-13+. The second-order valence-corrected chi connectivity index (χ2v) is 6.12. The third kappa shape index (κ3) is 5.98. The van der Waals surface area contributed by atoms with Crippen molar-refractivity contribution in [3.63, 3.8) is 0 Å². The molecule has 0 atom stereocenters. The molecule has 0 saturated heterocycles. The Kier molecular flexibility index (Phi) is 7.60. The largest absolute Gasteiger partial charge is 0.423 e. The van der Waals surface area contributed by atoms with Crippen LogP contribution in [0.5, 0.6) is 5.75 Å². The molecular weight excluding hydrogens is 364 g/mol. The Morgan fingerprint density at radius 2 is 1.89 bits per heavy atom. The Morgan fingerprint density at radius 1 is 1.19 bits per heavy atom. The van der Waals surface area contributed by atoms with Crippen molar-refractivity contribution in [1.29, 1.82) is 5.26 Å². The predicted molar refractivity (Wildman–Crippen MR) is 104 cm³/mol. The molecule has 0 saturated carbocycles. The second-order valence-electron chi connectivity index (χ2n) is 5.72. The quantitative estimate of drug-likeness (QED) is 0.253. The molecule has 6 heteroatoms. The highest BCUT2D eigenvalue weighted by Crippen LogP contribution is 2.20. The highest BCUT2D eigenvalue weighted by molar-refractivity contribution is 6.33. The zero-order valence-electron chi connectivity index (χ0n) is 14.9. The molecule has 2 aromatic carbocycles. The topological polar surface area (TPSA) is 79.2 Å². The van der Waals surface area contributed by atoms with Gasteiger partial charge in [-0.3, -0.25) is 4.79 Å². The first-order chi connectivity index (χ1) is 13.0. The molecule has 27 heavy (non-hydrogen) atoms. The lowest BCUT2D eigenvalue weighted by Gasteiger charge is -2.06. The Balaban J connectivity index is 2.05. The van der Waals surface area contributed by atoms with E-state index in [2.05, 4.69) is 5.32 Å². The summed E-state index contributed by atoms with van der Waals surface area (Å²) in [7, 11) is 0. The number of nitrogens with zero attached hydrogens (tertiary/aromatic N) is 1. The SMILES string of the molecule is CCCCNC(=O)/C(C#N)=C/c1ccc(OC(=O)c2ccccc2Cl)cc1. The van der Waals surface area contributed by atoms with E-state index >= 15 is 0 Å². The highest BCUT2D eigenvalue weighted by Gasteiger charge is 2.12. The third-order valence-corrected chi connectivity index (χ3v) is 4.01. The molecule has 0 fully saturated rings. The van der Waals surface area contributed by atoms with Crippen molar-refractivity contribution >= 4 is 29.6 Å². The third-order valence-electron chi connectivity index (χ3n) is 3.68. The van der Waals surface area contributed by atoms with Crippen LogP contribution in [-0.4, -0.2) is 18.4 Å².